The summed E-state index contributed by atoms with van der Waals surface area (Å²) < 4.78 is 44.1. The minimum absolute atomic E-state index is 0.0114. The summed E-state index contributed by atoms with van der Waals surface area (Å²) in [6.45, 7) is 3.06. The second-order valence-electron chi connectivity index (χ2n) is 7.98. The van der Waals surface area contributed by atoms with Crippen LogP contribution in [-0.2, 0) is 10.9 Å². The average molecular weight is 466 g/mol. The Kier molecular flexibility index (Phi) is 7.25. The zero-order valence-corrected chi connectivity index (χ0v) is 18.5. The lowest BCUT2D eigenvalue weighted by Gasteiger charge is -2.24. The summed E-state index contributed by atoms with van der Waals surface area (Å²) in [4.78, 5) is 22.0. The van der Waals surface area contributed by atoms with Crippen molar-refractivity contribution in [3.63, 3.8) is 0 Å². The Morgan fingerprint density at radius 2 is 1.94 bits per heavy atom. The average Bonchev–Trinajstić information content (AvgIpc) is 3.19. The summed E-state index contributed by atoms with van der Waals surface area (Å²) in [6.07, 6.45) is -0.425. The normalized spacial score (nSPS) is 19.8. The monoisotopic (exact) mass is 465 g/mol. The van der Waals surface area contributed by atoms with Gasteiger partial charge in [-0.1, -0.05) is 12.1 Å². The highest BCUT2D eigenvalue weighted by molar-refractivity contribution is 7.99. The minimum atomic E-state index is -4.40. The van der Waals surface area contributed by atoms with E-state index in [4.69, 9.17) is 4.74 Å². The molecule has 5 nitrogen and oxygen atoms in total. The van der Waals surface area contributed by atoms with E-state index >= 15 is 0 Å². The van der Waals surface area contributed by atoms with Gasteiger partial charge in [0.25, 0.3) is 5.91 Å². The van der Waals surface area contributed by atoms with E-state index in [0.29, 0.717) is 37.6 Å². The van der Waals surface area contributed by atoms with Crippen LogP contribution >= 0.6 is 11.8 Å². The van der Waals surface area contributed by atoms with E-state index in [0.717, 1.165) is 48.8 Å². The summed E-state index contributed by atoms with van der Waals surface area (Å²) in [6, 6.07) is 10.1. The van der Waals surface area contributed by atoms with Crippen LogP contribution in [0.1, 0.15) is 35.2 Å². The minimum Gasteiger partial charge on any atom is -0.377 e. The molecule has 0 spiro atoms. The fraction of sp³-hybridized carbons (Fsp3) is 0.478. The van der Waals surface area contributed by atoms with Crippen LogP contribution in [-0.4, -0.2) is 60.4 Å². The first-order valence-corrected chi connectivity index (χ1v) is 11.8. The maximum atomic E-state index is 13.3. The first kappa shape index (κ1) is 22.9. The molecule has 172 valence electrons. The van der Waals surface area contributed by atoms with Gasteiger partial charge in [-0.2, -0.15) is 13.2 Å². The molecule has 3 heterocycles. The van der Waals surface area contributed by atoms with Gasteiger partial charge < -0.3 is 14.5 Å². The molecule has 2 aromatic rings. The van der Waals surface area contributed by atoms with Crippen molar-refractivity contribution < 1.29 is 22.7 Å². The van der Waals surface area contributed by atoms with Crippen LogP contribution < -0.4 is 4.90 Å². The maximum Gasteiger partial charge on any atom is 0.417 e. The van der Waals surface area contributed by atoms with Crippen LogP contribution in [0.15, 0.2) is 47.5 Å². The number of amides is 1. The molecule has 2 aliphatic rings. The van der Waals surface area contributed by atoms with Crippen LogP contribution in [0.4, 0.5) is 19.0 Å². The molecule has 1 aromatic heterocycles. The van der Waals surface area contributed by atoms with E-state index in [9.17, 15) is 18.0 Å². The van der Waals surface area contributed by atoms with Crippen molar-refractivity contribution in [2.45, 2.75) is 36.4 Å². The van der Waals surface area contributed by atoms with Crippen LogP contribution in [0.3, 0.4) is 0 Å². The number of carbonyl (C=O) groups excluding carboxylic acids is 1. The number of thioether (sulfide) groups is 1. The number of nitrogens with zero attached hydrogens (tertiary/aromatic N) is 3. The van der Waals surface area contributed by atoms with Gasteiger partial charge in [0.05, 0.1) is 17.2 Å². The topological polar surface area (TPSA) is 45.7 Å². The third kappa shape index (κ3) is 5.56. The second kappa shape index (κ2) is 10.1. The van der Waals surface area contributed by atoms with E-state index in [2.05, 4.69) is 4.98 Å². The Morgan fingerprint density at radius 3 is 2.66 bits per heavy atom. The number of benzene rings is 1. The van der Waals surface area contributed by atoms with E-state index < -0.39 is 11.7 Å². The van der Waals surface area contributed by atoms with Gasteiger partial charge in [0, 0.05) is 49.6 Å². The molecular weight excluding hydrogens is 439 g/mol. The SMILES string of the molecule is O=C(c1ccccc1SCC1CCCO1)N1CCCN(c2ccc(C(F)(F)F)cn2)CC1. The van der Waals surface area contributed by atoms with Gasteiger partial charge in [-0.05, 0) is 43.5 Å². The highest BCUT2D eigenvalue weighted by Crippen LogP contribution is 2.30. The third-order valence-electron chi connectivity index (χ3n) is 5.75. The number of halogens is 3. The largest absolute Gasteiger partial charge is 0.417 e. The number of hydrogen-bond donors (Lipinski definition) is 0. The predicted octanol–water partition coefficient (Wildman–Crippen LogP) is 4.72. The molecule has 1 unspecified atom stereocenters. The molecule has 0 radical (unpaired) electrons. The van der Waals surface area contributed by atoms with E-state index in [1.54, 1.807) is 11.8 Å². The number of alkyl halides is 3. The molecule has 2 saturated heterocycles. The highest BCUT2D eigenvalue weighted by Gasteiger charge is 2.31. The van der Waals surface area contributed by atoms with E-state index in [-0.39, 0.29) is 12.0 Å². The predicted molar refractivity (Wildman–Crippen MR) is 118 cm³/mol. The molecule has 1 atom stereocenters. The first-order valence-electron chi connectivity index (χ1n) is 10.8. The van der Waals surface area contributed by atoms with Gasteiger partial charge in [-0.25, -0.2) is 4.98 Å². The van der Waals surface area contributed by atoms with Crippen molar-refractivity contribution >= 4 is 23.5 Å². The molecular formula is C23H26F3N3O2S. The van der Waals surface area contributed by atoms with Crippen molar-refractivity contribution in [2.24, 2.45) is 0 Å². The summed E-state index contributed by atoms with van der Waals surface area (Å²) in [5.74, 6) is 1.32. The van der Waals surface area contributed by atoms with E-state index in [1.807, 2.05) is 34.1 Å². The molecule has 9 heteroatoms. The molecule has 1 amide bonds. The fourth-order valence-corrected chi connectivity index (χ4v) is 5.10. The van der Waals surface area contributed by atoms with Crippen molar-refractivity contribution in [1.29, 1.82) is 0 Å². The van der Waals surface area contributed by atoms with Crippen molar-refractivity contribution in [3.8, 4) is 0 Å². The molecule has 0 N–H and O–H groups in total. The first-order chi connectivity index (χ1) is 15.4. The maximum absolute atomic E-state index is 13.3. The number of anilines is 1. The van der Waals surface area contributed by atoms with Crippen LogP contribution in [0.5, 0.6) is 0 Å². The molecule has 2 aliphatic heterocycles. The molecule has 0 aliphatic carbocycles. The summed E-state index contributed by atoms with van der Waals surface area (Å²) in [5, 5.41) is 0. The number of carbonyl (C=O) groups is 1. The Bertz CT molecular complexity index is 917. The summed E-state index contributed by atoms with van der Waals surface area (Å²) in [7, 11) is 0. The zero-order valence-electron chi connectivity index (χ0n) is 17.7. The lowest BCUT2D eigenvalue weighted by Crippen LogP contribution is -2.35. The Hall–Kier alpha value is -2.26. The zero-order chi connectivity index (χ0) is 22.6. The number of ether oxygens (including phenoxy) is 1. The molecule has 32 heavy (non-hydrogen) atoms. The van der Waals surface area contributed by atoms with Crippen LogP contribution in [0, 0.1) is 0 Å². The Labute approximate surface area is 189 Å². The standard InChI is InChI=1S/C23H26F3N3O2S/c24-23(25,26)17-8-9-21(27-15-17)28-10-4-11-29(13-12-28)22(30)19-6-1-2-7-20(19)32-16-18-5-3-14-31-18/h1-2,6-9,15,18H,3-5,10-14,16H2. The van der Waals surface area contributed by atoms with Crippen molar-refractivity contribution in [1.82, 2.24) is 9.88 Å². The molecule has 0 bridgehead atoms. The fourth-order valence-electron chi connectivity index (χ4n) is 3.99. The summed E-state index contributed by atoms with van der Waals surface area (Å²) in [5.41, 5.74) is -0.0680. The van der Waals surface area contributed by atoms with Gasteiger partial charge in [0.2, 0.25) is 0 Å². The smallest absolute Gasteiger partial charge is 0.377 e. The van der Waals surface area contributed by atoms with Gasteiger partial charge in [0.1, 0.15) is 5.82 Å². The van der Waals surface area contributed by atoms with Gasteiger partial charge >= 0.3 is 6.18 Å². The lowest BCUT2D eigenvalue weighted by atomic mass is 10.2. The van der Waals surface area contributed by atoms with Crippen LogP contribution in [0.25, 0.3) is 0 Å². The lowest BCUT2D eigenvalue weighted by molar-refractivity contribution is -0.137. The van der Waals surface area contributed by atoms with Crippen molar-refractivity contribution in [2.75, 3.05) is 43.4 Å². The number of hydrogen-bond acceptors (Lipinski definition) is 5. The summed E-state index contributed by atoms with van der Waals surface area (Å²) >= 11 is 1.66. The number of aromatic nitrogens is 1. The molecule has 0 saturated carbocycles. The highest BCUT2D eigenvalue weighted by atomic mass is 32.2. The van der Waals surface area contributed by atoms with Gasteiger partial charge in [-0.15, -0.1) is 11.8 Å². The van der Waals surface area contributed by atoms with Crippen LogP contribution in [0.2, 0.25) is 0 Å². The Balaban J connectivity index is 1.39. The molecule has 4 rings (SSSR count). The number of rotatable bonds is 5. The second-order valence-corrected chi connectivity index (χ2v) is 9.04. The van der Waals surface area contributed by atoms with Gasteiger partial charge in [-0.3, -0.25) is 4.79 Å². The Morgan fingerprint density at radius 1 is 1.09 bits per heavy atom. The molecule has 2 fully saturated rings. The van der Waals surface area contributed by atoms with E-state index in [1.165, 1.54) is 6.07 Å². The van der Waals surface area contributed by atoms with Gasteiger partial charge in [0.15, 0.2) is 0 Å². The quantitative estimate of drug-likeness (QED) is 0.598. The van der Waals surface area contributed by atoms with Crippen molar-refractivity contribution in [3.05, 3.63) is 53.7 Å². The third-order valence-corrected chi connectivity index (χ3v) is 6.95. The number of pyridine rings is 1. The molecule has 1 aromatic carbocycles.